The second-order valence-corrected chi connectivity index (χ2v) is 9.20. The van der Waals surface area contributed by atoms with E-state index in [1.165, 1.54) is 0 Å². The van der Waals surface area contributed by atoms with Crippen molar-refractivity contribution in [3.63, 3.8) is 0 Å². The summed E-state index contributed by atoms with van der Waals surface area (Å²) in [4.78, 5) is 21.4. The number of aromatic nitrogens is 4. The molecule has 3 heterocycles. The monoisotopic (exact) mass is 486 g/mol. The molecule has 0 aliphatic carbocycles. The number of aryl methyl sites for hydroxylation is 2. The lowest BCUT2D eigenvalue weighted by Gasteiger charge is -2.12. The number of aromatic carboxylic acids is 1. The molecule has 0 fully saturated rings. The average Bonchev–Trinajstić information content (AvgIpc) is 3.51. The van der Waals surface area contributed by atoms with Gasteiger partial charge >= 0.3 is 5.97 Å². The summed E-state index contributed by atoms with van der Waals surface area (Å²) in [7, 11) is 0. The average molecular weight is 487 g/mol. The maximum Gasteiger partial charge on any atom is 0.337 e. The summed E-state index contributed by atoms with van der Waals surface area (Å²) in [6.07, 6.45) is 4.58. The molecule has 6 heteroatoms. The molecule has 0 amide bonds. The van der Waals surface area contributed by atoms with Crippen molar-refractivity contribution in [3.8, 4) is 16.9 Å². The van der Waals surface area contributed by atoms with Crippen LogP contribution >= 0.6 is 0 Å². The Morgan fingerprint density at radius 1 is 0.946 bits per heavy atom. The number of hydrogen-bond donors (Lipinski definition) is 1. The van der Waals surface area contributed by atoms with Gasteiger partial charge in [-0.2, -0.15) is 0 Å². The Balaban J connectivity index is 1.49. The molecule has 6 aromatic rings. The second-order valence-electron chi connectivity index (χ2n) is 9.20. The van der Waals surface area contributed by atoms with E-state index < -0.39 is 5.97 Å². The van der Waals surface area contributed by atoms with Crippen LogP contribution in [0.2, 0.25) is 0 Å². The van der Waals surface area contributed by atoms with Crippen LogP contribution in [0.15, 0.2) is 91.3 Å². The first-order chi connectivity index (χ1) is 18.0. The molecule has 182 valence electrons. The van der Waals surface area contributed by atoms with E-state index in [1.54, 1.807) is 12.1 Å². The number of carboxylic acid groups (broad SMARTS) is 1. The van der Waals surface area contributed by atoms with Gasteiger partial charge in [-0.15, -0.1) is 0 Å². The van der Waals surface area contributed by atoms with Gasteiger partial charge in [0.1, 0.15) is 5.82 Å². The number of hydrogen-bond acceptors (Lipinski definition) is 3. The molecule has 3 aromatic heterocycles. The van der Waals surface area contributed by atoms with E-state index in [2.05, 4.69) is 47.7 Å². The molecule has 0 aliphatic heterocycles. The van der Waals surface area contributed by atoms with Gasteiger partial charge in [-0.3, -0.25) is 4.98 Å². The minimum absolute atomic E-state index is 0.275. The maximum atomic E-state index is 11.9. The summed E-state index contributed by atoms with van der Waals surface area (Å²) in [5, 5.41) is 10.8. The number of pyridine rings is 1. The number of fused-ring (bicyclic) bond motifs is 2. The molecular weight excluding hydrogens is 460 g/mol. The van der Waals surface area contributed by atoms with E-state index in [0.717, 1.165) is 56.6 Å². The molecule has 6 nitrogen and oxygen atoms in total. The number of para-hydroxylation sites is 1. The van der Waals surface area contributed by atoms with Crippen LogP contribution < -0.4 is 0 Å². The van der Waals surface area contributed by atoms with E-state index >= 15 is 0 Å². The minimum Gasteiger partial charge on any atom is -0.478 e. The molecule has 3 aromatic carbocycles. The number of carbonyl (C=O) groups is 1. The molecule has 1 N–H and O–H groups in total. The number of benzene rings is 3. The fourth-order valence-corrected chi connectivity index (χ4v) is 5.18. The maximum absolute atomic E-state index is 11.9. The molecule has 0 unspecified atom stereocenters. The van der Waals surface area contributed by atoms with Crippen LogP contribution in [-0.4, -0.2) is 30.2 Å². The Kier molecular flexibility index (Phi) is 5.57. The summed E-state index contributed by atoms with van der Waals surface area (Å²) in [6, 6.07) is 25.7. The summed E-state index contributed by atoms with van der Waals surface area (Å²) >= 11 is 0. The molecule has 0 atom stereocenters. The van der Waals surface area contributed by atoms with E-state index in [-0.39, 0.29) is 5.56 Å². The van der Waals surface area contributed by atoms with Gasteiger partial charge < -0.3 is 14.2 Å². The van der Waals surface area contributed by atoms with Crippen molar-refractivity contribution in [1.29, 1.82) is 0 Å². The van der Waals surface area contributed by atoms with Crippen LogP contribution in [0, 0.1) is 6.92 Å². The molecule has 0 saturated heterocycles. The van der Waals surface area contributed by atoms with Crippen molar-refractivity contribution in [2.45, 2.75) is 26.8 Å². The third-order valence-electron chi connectivity index (χ3n) is 6.95. The molecule has 6 rings (SSSR count). The van der Waals surface area contributed by atoms with Gasteiger partial charge in [-0.25, -0.2) is 9.78 Å². The highest BCUT2D eigenvalue weighted by atomic mass is 16.4. The van der Waals surface area contributed by atoms with Gasteiger partial charge in [-0.1, -0.05) is 37.3 Å². The zero-order valence-electron chi connectivity index (χ0n) is 20.7. The fourth-order valence-electron chi connectivity index (χ4n) is 5.18. The normalized spacial score (nSPS) is 11.4. The Labute approximate surface area is 214 Å². The Morgan fingerprint density at radius 3 is 2.57 bits per heavy atom. The van der Waals surface area contributed by atoms with Crippen molar-refractivity contribution >= 4 is 27.9 Å². The molecule has 0 saturated carbocycles. The lowest BCUT2D eigenvalue weighted by molar-refractivity contribution is 0.0697. The Morgan fingerprint density at radius 2 is 1.78 bits per heavy atom. The first kappa shape index (κ1) is 22.7. The fraction of sp³-hybridized carbons (Fsp3) is 0.129. The second kappa shape index (κ2) is 9.06. The first-order valence-electron chi connectivity index (χ1n) is 12.4. The third kappa shape index (κ3) is 3.87. The number of rotatable bonds is 6. The van der Waals surface area contributed by atoms with Gasteiger partial charge in [0.2, 0.25) is 0 Å². The summed E-state index contributed by atoms with van der Waals surface area (Å²) in [5.41, 5.74) is 8.29. The predicted molar refractivity (Wildman–Crippen MR) is 146 cm³/mol. The van der Waals surface area contributed by atoms with Gasteiger partial charge in [-0.05, 0) is 66.6 Å². The lowest BCUT2D eigenvalue weighted by Crippen LogP contribution is -2.06. The van der Waals surface area contributed by atoms with Crippen LogP contribution in [0.5, 0.6) is 0 Å². The topological polar surface area (TPSA) is 72.9 Å². The number of carboxylic acids is 1. The molecule has 0 bridgehead atoms. The van der Waals surface area contributed by atoms with E-state index in [9.17, 15) is 9.90 Å². The van der Waals surface area contributed by atoms with Crippen molar-refractivity contribution in [2.24, 2.45) is 0 Å². The van der Waals surface area contributed by atoms with Gasteiger partial charge in [0, 0.05) is 29.8 Å². The molecule has 0 radical (unpaired) electrons. The van der Waals surface area contributed by atoms with Crippen molar-refractivity contribution in [2.75, 3.05) is 0 Å². The van der Waals surface area contributed by atoms with Crippen LogP contribution in [0.25, 0.3) is 38.9 Å². The SMILES string of the molecule is CCc1nc2c(C)cc(-c3ccccn3)cc2n1Cc1cccc2c1ccn2-c1ccccc1C(=O)O. The third-order valence-corrected chi connectivity index (χ3v) is 6.95. The van der Waals surface area contributed by atoms with Crippen molar-refractivity contribution in [3.05, 3.63) is 114 Å². The molecular formula is C31H26N4O2. The van der Waals surface area contributed by atoms with Gasteiger partial charge in [0.25, 0.3) is 0 Å². The van der Waals surface area contributed by atoms with E-state index in [4.69, 9.17) is 4.98 Å². The van der Waals surface area contributed by atoms with Crippen LogP contribution in [0.1, 0.15) is 34.2 Å². The van der Waals surface area contributed by atoms with Crippen molar-refractivity contribution < 1.29 is 9.90 Å². The van der Waals surface area contributed by atoms with E-state index in [1.807, 2.05) is 59.4 Å². The highest BCUT2D eigenvalue weighted by Crippen LogP contribution is 2.30. The Bertz CT molecular complexity index is 1780. The zero-order valence-corrected chi connectivity index (χ0v) is 20.7. The summed E-state index contributed by atoms with van der Waals surface area (Å²) < 4.78 is 4.25. The zero-order chi connectivity index (χ0) is 25.5. The highest BCUT2D eigenvalue weighted by Gasteiger charge is 2.17. The Hall–Kier alpha value is -4.71. The van der Waals surface area contributed by atoms with Crippen LogP contribution in [0.3, 0.4) is 0 Å². The standard InChI is InChI=1S/C31H26N4O2/c1-3-29-33-30-20(2)17-22(25-11-6-7-15-32-25)18-28(30)35(29)19-21-9-8-13-26-23(21)14-16-34(26)27-12-5-4-10-24(27)31(36)37/h4-18H,3,19H2,1-2H3,(H,36,37). The summed E-state index contributed by atoms with van der Waals surface area (Å²) in [6.45, 7) is 4.89. The first-order valence-corrected chi connectivity index (χ1v) is 12.4. The molecule has 0 spiro atoms. The van der Waals surface area contributed by atoms with Gasteiger partial charge in [0.05, 0.1) is 40.0 Å². The van der Waals surface area contributed by atoms with Crippen molar-refractivity contribution in [1.82, 2.24) is 19.1 Å². The smallest absolute Gasteiger partial charge is 0.337 e. The van der Waals surface area contributed by atoms with Crippen LogP contribution in [0.4, 0.5) is 0 Å². The highest BCUT2D eigenvalue weighted by molar-refractivity contribution is 5.94. The van der Waals surface area contributed by atoms with Gasteiger partial charge in [0.15, 0.2) is 0 Å². The lowest BCUT2D eigenvalue weighted by atomic mass is 10.1. The van der Waals surface area contributed by atoms with Crippen LogP contribution in [-0.2, 0) is 13.0 Å². The quantitative estimate of drug-likeness (QED) is 0.286. The number of imidazole rings is 1. The molecule has 0 aliphatic rings. The predicted octanol–water partition coefficient (Wildman–Crippen LogP) is 6.66. The molecule has 37 heavy (non-hydrogen) atoms. The largest absolute Gasteiger partial charge is 0.478 e. The minimum atomic E-state index is -0.940. The van der Waals surface area contributed by atoms with E-state index in [0.29, 0.717) is 12.2 Å². The summed E-state index contributed by atoms with van der Waals surface area (Å²) in [5.74, 6) is 0.0917. The number of nitrogens with zero attached hydrogens (tertiary/aromatic N) is 4.